The molecule has 0 atom stereocenters. The van der Waals surface area contributed by atoms with Crippen LogP contribution in [-0.4, -0.2) is 4.98 Å². The van der Waals surface area contributed by atoms with Gasteiger partial charge in [0.05, 0.1) is 9.71 Å². The van der Waals surface area contributed by atoms with Gasteiger partial charge in [0, 0.05) is 0 Å². The topological polar surface area (TPSA) is 12.9 Å². The van der Waals surface area contributed by atoms with Gasteiger partial charge in [-0.2, -0.15) is 0 Å². The molecule has 1 aromatic heterocycles. The van der Waals surface area contributed by atoms with Crippen LogP contribution in [-0.2, 0) is 6.42 Å². The zero-order chi connectivity index (χ0) is 9.42. The number of hydrogen-bond acceptors (Lipinski definition) is 2. The lowest BCUT2D eigenvalue weighted by molar-refractivity contribution is 0.628. The molecular formula is C10H10FNS. The third kappa shape index (κ3) is 1.33. The quantitative estimate of drug-likeness (QED) is 0.680. The van der Waals surface area contributed by atoms with Gasteiger partial charge in [-0.25, -0.2) is 9.37 Å². The Morgan fingerprint density at radius 1 is 1.46 bits per heavy atom. The van der Waals surface area contributed by atoms with E-state index in [1.54, 1.807) is 24.3 Å². The molecule has 0 spiro atoms. The molecule has 0 saturated heterocycles. The number of hydrogen-bond donors (Lipinski definition) is 0. The highest BCUT2D eigenvalue weighted by molar-refractivity contribution is 7.18. The van der Waals surface area contributed by atoms with Crippen molar-refractivity contribution in [1.29, 1.82) is 0 Å². The van der Waals surface area contributed by atoms with Crippen LogP contribution in [0.25, 0.3) is 10.2 Å². The molecule has 1 aromatic carbocycles. The maximum Gasteiger partial charge on any atom is 0.153 e. The van der Waals surface area contributed by atoms with Gasteiger partial charge in [-0.15, -0.1) is 11.3 Å². The van der Waals surface area contributed by atoms with Crippen molar-refractivity contribution in [1.82, 2.24) is 4.98 Å². The lowest BCUT2D eigenvalue weighted by Gasteiger charge is -1.94. The maximum absolute atomic E-state index is 13.5. The fourth-order valence-corrected chi connectivity index (χ4v) is 2.16. The minimum absolute atomic E-state index is 0.173. The Bertz CT molecular complexity index is 447. The molecule has 0 amide bonds. The molecule has 2 aromatic rings. The SMILES string of the molecule is CCc1nc2c(F)c(C)ccc2s1. The van der Waals surface area contributed by atoms with Crippen molar-refractivity contribution < 1.29 is 4.39 Å². The molecule has 0 aliphatic rings. The lowest BCUT2D eigenvalue weighted by atomic mass is 10.2. The van der Waals surface area contributed by atoms with E-state index in [-0.39, 0.29) is 5.82 Å². The monoisotopic (exact) mass is 195 g/mol. The van der Waals surface area contributed by atoms with Gasteiger partial charge >= 0.3 is 0 Å². The van der Waals surface area contributed by atoms with E-state index in [1.165, 1.54) is 0 Å². The summed E-state index contributed by atoms with van der Waals surface area (Å²) in [5, 5.41) is 1.000. The first-order chi connectivity index (χ1) is 6.22. The maximum atomic E-state index is 13.5. The van der Waals surface area contributed by atoms with Gasteiger partial charge in [-0.3, -0.25) is 0 Å². The molecular weight excluding hydrogens is 185 g/mol. The smallest absolute Gasteiger partial charge is 0.153 e. The second kappa shape index (κ2) is 3.07. The number of rotatable bonds is 1. The molecule has 2 rings (SSSR count). The van der Waals surface area contributed by atoms with E-state index < -0.39 is 0 Å². The molecule has 0 unspecified atom stereocenters. The van der Waals surface area contributed by atoms with Gasteiger partial charge in [0.1, 0.15) is 5.52 Å². The van der Waals surface area contributed by atoms with E-state index in [1.807, 2.05) is 13.0 Å². The molecule has 0 aliphatic heterocycles. The molecule has 1 nitrogen and oxygen atoms in total. The van der Waals surface area contributed by atoms with Crippen molar-refractivity contribution >= 4 is 21.6 Å². The van der Waals surface area contributed by atoms with Crippen molar-refractivity contribution in [2.45, 2.75) is 20.3 Å². The zero-order valence-electron chi connectivity index (χ0n) is 7.60. The Morgan fingerprint density at radius 2 is 2.23 bits per heavy atom. The largest absolute Gasteiger partial charge is 0.238 e. The minimum atomic E-state index is -0.173. The van der Waals surface area contributed by atoms with Gasteiger partial charge in [0.25, 0.3) is 0 Å². The summed E-state index contributed by atoms with van der Waals surface area (Å²) in [6.07, 6.45) is 0.873. The number of fused-ring (bicyclic) bond motifs is 1. The van der Waals surface area contributed by atoms with Crippen LogP contribution in [0.15, 0.2) is 12.1 Å². The van der Waals surface area contributed by atoms with Gasteiger partial charge in [0.15, 0.2) is 5.82 Å². The molecule has 0 bridgehead atoms. The first kappa shape index (κ1) is 8.63. The second-order valence-corrected chi connectivity index (χ2v) is 4.12. The summed E-state index contributed by atoms with van der Waals surface area (Å²) in [7, 11) is 0. The number of aryl methyl sites for hydroxylation is 2. The molecule has 13 heavy (non-hydrogen) atoms. The highest BCUT2D eigenvalue weighted by Gasteiger charge is 2.08. The Morgan fingerprint density at radius 3 is 2.92 bits per heavy atom. The van der Waals surface area contributed by atoms with E-state index >= 15 is 0 Å². The summed E-state index contributed by atoms with van der Waals surface area (Å²) >= 11 is 1.57. The molecule has 0 saturated carbocycles. The van der Waals surface area contributed by atoms with Crippen molar-refractivity contribution in [2.75, 3.05) is 0 Å². The second-order valence-electron chi connectivity index (χ2n) is 3.00. The molecule has 0 fully saturated rings. The number of nitrogens with zero attached hydrogens (tertiary/aromatic N) is 1. The molecule has 0 N–H and O–H groups in total. The number of halogens is 1. The summed E-state index contributed by atoms with van der Waals surface area (Å²) < 4.78 is 14.4. The normalized spacial score (nSPS) is 11.0. The highest BCUT2D eigenvalue weighted by atomic mass is 32.1. The molecule has 0 aliphatic carbocycles. The van der Waals surface area contributed by atoms with E-state index in [4.69, 9.17) is 0 Å². The fraction of sp³-hybridized carbons (Fsp3) is 0.300. The third-order valence-corrected chi connectivity index (χ3v) is 3.20. The van der Waals surface area contributed by atoms with Crippen LogP contribution < -0.4 is 0 Å². The summed E-state index contributed by atoms with van der Waals surface area (Å²) in [4.78, 5) is 4.24. The van der Waals surface area contributed by atoms with Crippen molar-refractivity contribution in [2.24, 2.45) is 0 Å². The van der Waals surface area contributed by atoms with Crippen LogP contribution in [0.4, 0.5) is 4.39 Å². The van der Waals surface area contributed by atoms with Crippen LogP contribution in [0.1, 0.15) is 17.5 Å². The highest BCUT2D eigenvalue weighted by Crippen LogP contribution is 2.26. The Kier molecular flexibility index (Phi) is 2.04. The number of aromatic nitrogens is 1. The fourth-order valence-electron chi connectivity index (χ4n) is 1.26. The van der Waals surface area contributed by atoms with E-state index in [0.717, 1.165) is 16.1 Å². The Balaban J connectivity index is 2.76. The Labute approximate surface area is 80.2 Å². The van der Waals surface area contributed by atoms with Crippen LogP contribution >= 0.6 is 11.3 Å². The van der Waals surface area contributed by atoms with Crippen LogP contribution in [0.2, 0.25) is 0 Å². The average Bonchev–Trinajstić information content (AvgIpc) is 2.55. The third-order valence-electron chi connectivity index (χ3n) is 2.04. The first-order valence-corrected chi connectivity index (χ1v) is 5.08. The molecule has 1 heterocycles. The van der Waals surface area contributed by atoms with Gasteiger partial charge in [0.2, 0.25) is 0 Å². The minimum Gasteiger partial charge on any atom is -0.238 e. The van der Waals surface area contributed by atoms with Crippen LogP contribution in [0.5, 0.6) is 0 Å². The molecule has 68 valence electrons. The van der Waals surface area contributed by atoms with Gasteiger partial charge in [-0.05, 0) is 25.0 Å². The summed E-state index contributed by atoms with van der Waals surface area (Å²) in [5.41, 5.74) is 1.20. The Hall–Kier alpha value is -0.960. The standard InChI is InChI=1S/C10H10FNS/c1-3-8-12-10-7(13-8)5-4-6(2)9(10)11/h4-5H,3H2,1-2H3. The predicted octanol–water partition coefficient (Wildman–Crippen LogP) is 3.31. The number of benzene rings is 1. The number of thiazole rings is 1. The van der Waals surface area contributed by atoms with Crippen molar-refractivity contribution in [3.63, 3.8) is 0 Å². The van der Waals surface area contributed by atoms with E-state index in [9.17, 15) is 4.39 Å². The van der Waals surface area contributed by atoms with Gasteiger partial charge < -0.3 is 0 Å². The molecule has 0 radical (unpaired) electrons. The van der Waals surface area contributed by atoms with E-state index in [0.29, 0.717) is 11.1 Å². The first-order valence-electron chi connectivity index (χ1n) is 4.27. The summed E-state index contributed by atoms with van der Waals surface area (Å²) in [6.45, 7) is 3.79. The lowest BCUT2D eigenvalue weighted by Crippen LogP contribution is -1.83. The van der Waals surface area contributed by atoms with Crippen molar-refractivity contribution in [3.8, 4) is 0 Å². The van der Waals surface area contributed by atoms with Crippen molar-refractivity contribution in [3.05, 3.63) is 28.5 Å². The zero-order valence-corrected chi connectivity index (χ0v) is 8.41. The molecule has 3 heteroatoms. The van der Waals surface area contributed by atoms with E-state index in [2.05, 4.69) is 4.98 Å². The van der Waals surface area contributed by atoms with Crippen LogP contribution in [0, 0.1) is 12.7 Å². The van der Waals surface area contributed by atoms with Crippen LogP contribution in [0.3, 0.4) is 0 Å². The summed E-state index contributed by atoms with van der Waals surface area (Å²) in [5.74, 6) is -0.173. The average molecular weight is 195 g/mol. The van der Waals surface area contributed by atoms with Gasteiger partial charge in [-0.1, -0.05) is 13.0 Å². The summed E-state index contributed by atoms with van der Waals surface area (Å²) in [6, 6.07) is 3.74. The predicted molar refractivity (Wildman–Crippen MR) is 53.7 cm³/mol.